The molecule has 48 heavy (non-hydrogen) atoms. The van der Waals surface area contributed by atoms with Crippen molar-refractivity contribution in [2.24, 2.45) is 12.8 Å². The molecule has 260 valence electrons. The Balaban J connectivity index is 0.000000804. The average Bonchev–Trinajstić information content (AvgIpc) is 3.42. The van der Waals surface area contributed by atoms with Crippen molar-refractivity contribution in [3.8, 4) is 0 Å². The van der Waals surface area contributed by atoms with Crippen LogP contribution in [-0.2, 0) is 42.1 Å². The molecule has 0 radical (unpaired) electrons. The number of halogens is 3. The lowest BCUT2D eigenvalue weighted by atomic mass is 10.1. The zero-order chi connectivity index (χ0) is 35.8. The molecular weight excluding hydrogens is 697 g/mol. The number of fused-ring (bicyclic) bond motifs is 1. The number of hydrogen-bond acceptors (Lipinski definition) is 14. The van der Waals surface area contributed by atoms with Gasteiger partial charge in [0.15, 0.2) is 0 Å². The summed E-state index contributed by atoms with van der Waals surface area (Å²) in [5.41, 5.74) is 6.77. The summed E-state index contributed by atoms with van der Waals surface area (Å²) in [7, 11) is 1.66. The highest BCUT2D eigenvalue weighted by Gasteiger charge is 2.54. The Morgan fingerprint density at radius 2 is 1.81 bits per heavy atom. The van der Waals surface area contributed by atoms with E-state index in [0.717, 1.165) is 0 Å². The molecule has 4 rings (SSSR count). The number of tetrazole rings is 1. The fraction of sp³-hybridized carbons (Fsp3) is 0.375. The van der Waals surface area contributed by atoms with Crippen molar-refractivity contribution in [3.05, 3.63) is 41.3 Å². The molecule has 0 saturated carbocycles. The first-order valence-corrected chi connectivity index (χ1v) is 15.0. The molecule has 0 unspecified atom stereocenters. The molecule has 3 amide bonds. The Labute approximate surface area is 275 Å². The number of carboxylic acid groups (broad SMARTS) is 3. The average molecular weight is 723 g/mol. The van der Waals surface area contributed by atoms with E-state index in [4.69, 9.17) is 30.2 Å². The summed E-state index contributed by atoms with van der Waals surface area (Å²) in [5.74, 6) is -4.43. The highest BCUT2D eigenvalue weighted by molar-refractivity contribution is 8.01. The Morgan fingerprint density at radius 3 is 2.35 bits per heavy atom. The Kier molecular flexibility index (Phi) is 12.6. The van der Waals surface area contributed by atoms with Crippen LogP contribution < -0.4 is 16.4 Å². The smallest absolute Gasteiger partial charge is 0.480 e. The van der Waals surface area contributed by atoms with Crippen LogP contribution in [0.2, 0.25) is 0 Å². The highest BCUT2D eigenvalue weighted by Crippen LogP contribution is 2.41. The van der Waals surface area contributed by atoms with E-state index < -0.39 is 66.2 Å². The van der Waals surface area contributed by atoms with Crippen molar-refractivity contribution in [1.29, 1.82) is 0 Å². The van der Waals surface area contributed by atoms with Crippen LogP contribution in [0.4, 0.5) is 28.4 Å². The molecule has 2 aliphatic rings. The number of β-lactam (4-membered cyclic amide) rings is 1. The third kappa shape index (κ3) is 10.2. The minimum Gasteiger partial charge on any atom is -0.480 e. The molecule has 1 aromatic carbocycles. The number of nitrogens with two attached hydrogens (primary N) is 1. The fourth-order valence-corrected chi connectivity index (χ4v) is 6.01. The quantitative estimate of drug-likeness (QED) is 0.104. The molecule has 3 atom stereocenters. The van der Waals surface area contributed by atoms with Gasteiger partial charge in [-0.05, 0) is 28.1 Å². The molecule has 0 bridgehead atoms. The molecule has 1 saturated heterocycles. The second-order valence-corrected chi connectivity index (χ2v) is 11.5. The zero-order valence-electron chi connectivity index (χ0n) is 24.2. The summed E-state index contributed by atoms with van der Waals surface area (Å²) in [6.45, 7) is -0.503. The van der Waals surface area contributed by atoms with E-state index in [-0.39, 0.29) is 18.1 Å². The van der Waals surface area contributed by atoms with Gasteiger partial charge >= 0.3 is 30.4 Å². The van der Waals surface area contributed by atoms with Gasteiger partial charge in [-0.3, -0.25) is 24.6 Å². The number of alkyl halides is 3. The van der Waals surface area contributed by atoms with Gasteiger partial charge in [0.1, 0.15) is 24.1 Å². The number of hydrogen-bond donors (Lipinski definition) is 6. The van der Waals surface area contributed by atoms with Gasteiger partial charge in [0.05, 0.1) is 6.42 Å². The standard InChI is InChI=1S/C22H24N8O9S2.C2HF3O2/c1-29-20(26-27-28-29)41-9-11-8-40-18-15(16(32)30(18)17(11)39-22(36)37)25-14(31)6-10-2-4-12(5-3-10)24-21(35)38-7-13(23)19(33)34;3-2(4,5)1(6)7/h2-5,13,15,18H,6-9,23H2,1H3,(H,24,35)(H,25,31)(H,33,34)(H,36,37);(H,6,7)/t13-,15-,18+;/m1./s1. The molecule has 19 nitrogen and oxygen atoms in total. The van der Waals surface area contributed by atoms with E-state index in [0.29, 0.717) is 27.7 Å². The third-order valence-corrected chi connectivity index (χ3v) is 8.41. The minimum absolute atomic E-state index is 0.0681. The van der Waals surface area contributed by atoms with Gasteiger partial charge in [-0.25, -0.2) is 19.1 Å². The van der Waals surface area contributed by atoms with Crippen molar-refractivity contribution >= 4 is 65.2 Å². The first-order chi connectivity index (χ1) is 22.5. The normalized spacial score (nSPS) is 17.5. The summed E-state index contributed by atoms with van der Waals surface area (Å²) < 4.78 is 42.9. The van der Waals surface area contributed by atoms with E-state index in [1.54, 1.807) is 19.2 Å². The van der Waals surface area contributed by atoms with E-state index in [1.165, 1.54) is 45.2 Å². The third-order valence-electron chi connectivity index (χ3n) is 5.97. The van der Waals surface area contributed by atoms with Crippen LogP contribution >= 0.6 is 23.5 Å². The molecule has 2 aliphatic heterocycles. The SMILES string of the molecule is Cn1nnnc1SCC1=C(OC(=O)O)N2C(=O)[C@@H](NC(=O)Cc3ccc(NC(=O)OC[C@@H](N)C(=O)O)cc3)[C@@H]2SC1.O=C(O)C(F)(F)F. The number of ether oxygens (including phenoxy) is 2. The predicted octanol–water partition coefficient (Wildman–Crippen LogP) is 0.445. The maximum atomic E-state index is 12.9. The summed E-state index contributed by atoms with van der Waals surface area (Å²) in [4.78, 5) is 69.6. The fourth-order valence-electron chi connectivity index (χ4n) is 3.71. The zero-order valence-corrected chi connectivity index (χ0v) is 25.9. The van der Waals surface area contributed by atoms with Crippen LogP contribution in [0.3, 0.4) is 0 Å². The number of aryl methyl sites for hydroxylation is 1. The van der Waals surface area contributed by atoms with Gasteiger partial charge in [-0.15, -0.1) is 16.9 Å². The number of nitrogens with one attached hydrogen (secondary N) is 2. The monoisotopic (exact) mass is 722 g/mol. The summed E-state index contributed by atoms with van der Waals surface area (Å²) in [6, 6.07) is 3.99. The Morgan fingerprint density at radius 1 is 1.17 bits per heavy atom. The first kappa shape index (κ1) is 37.4. The summed E-state index contributed by atoms with van der Waals surface area (Å²) in [5, 5.41) is 41.3. The predicted molar refractivity (Wildman–Crippen MR) is 155 cm³/mol. The molecular formula is C24H25F3N8O11S2. The van der Waals surface area contributed by atoms with Crippen LogP contribution in [-0.4, -0.2) is 118 Å². The maximum Gasteiger partial charge on any atom is 0.512 e. The highest BCUT2D eigenvalue weighted by atomic mass is 32.2. The topological polar surface area (TPSA) is 278 Å². The van der Waals surface area contributed by atoms with Crippen molar-refractivity contribution < 1.29 is 66.7 Å². The van der Waals surface area contributed by atoms with E-state index >= 15 is 0 Å². The summed E-state index contributed by atoms with van der Waals surface area (Å²) >= 11 is 2.62. The number of rotatable bonds is 11. The van der Waals surface area contributed by atoms with Gasteiger partial charge < -0.3 is 35.8 Å². The van der Waals surface area contributed by atoms with Crippen LogP contribution in [0.1, 0.15) is 5.56 Å². The number of nitrogens with zero attached hydrogens (tertiary/aromatic N) is 5. The van der Waals surface area contributed by atoms with Gasteiger partial charge in [-0.1, -0.05) is 23.9 Å². The van der Waals surface area contributed by atoms with Gasteiger partial charge in [-0.2, -0.15) is 13.2 Å². The Bertz CT molecular complexity index is 1590. The van der Waals surface area contributed by atoms with Gasteiger partial charge in [0, 0.05) is 29.8 Å². The lowest BCUT2D eigenvalue weighted by Crippen LogP contribution is -2.70. The number of amides is 3. The number of anilines is 1. The van der Waals surface area contributed by atoms with Gasteiger partial charge in [0.2, 0.25) is 16.9 Å². The number of benzene rings is 1. The number of aromatic nitrogens is 4. The molecule has 24 heteroatoms. The Hall–Kier alpha value is -5.10. The molecule has 7 N–H and O–H groups in total. The number of aliphatic carboxylic acids is 2. The van der Waals surface area contributed by atoms with Crippen LogP contribution in [0, 0.1) is 0 Å². The van der Waals surface area contributed by atoms with E-state index in [9.17, 15) is 42.3 Å². The molecule has 1 fully saturated rings. The molecule has 3 heterocycles. The van der Waals surface area contributed by atoms with E-state index in [1.807, 2.05) is 0 Å². The van der Waals surface area contributed by atoms with Crippen molar-refractivity contribution in [2.75, 3.05) is 23.4 Å². The number of carbonyl (C=O) groups is 6. The van der Waals surface area contributed by atoms with Crippen LogP contribution in [0.25, 0.3) is 0 Å². The van der Waals surface area contributed by atoms with Gasteiger partial charge in [0.25, 0.3) is 5.91 Å². The number of carbonyl (C=O) groups excluding carboxylic acids is 3. The molecule has 2 aromatic rings. The summed E-state index contributed by atoms with van der Waals surface area (Å²) in [6.07, 6.45) is -7.61. The lowest BCUT2D eigenvalue weighted by molar-refractivity contribution is -0.192. The molecule has 1 aromatic heterocycles. The first-order valence-electron chi connectivity index (χ1n) is 13.0. The van der Waals surface area contributed by atoms with Crippen molar-refractivity contribution in [2.45, 2.75) is 35.2 Å². The van der Waals surface area contributed by atoms with E-state index in [2.05, 4.69) is 26.2 Å². The largest absolute Gasteiger partial charge is 0.512 e. The second kappa shape index (κ2) is 16.1. The number of thioether (sulfide) groups is 2. The molecule has 0 aliphatic carbocycles. The number of carboxylic acids is 2. The van der Waals surface area contributed by atoms with Crippen molar-refractivity contribution in [3.63, 3.8) is 0 Å². The van der Waals surface area contributed by atoms with Crippen molar-refractivity contribution in [1.82, 2.24) is 30.4 Å². The lowest BCUT2D eigenvalue weighted by Gasteiger charge is -2.49. The second-order valence-electron chi connectivity index (χ2n) is 9.45. The maximum absolute atomic E-state index is 12.9. The molecule has 0 spiro atoms. The minimum atomic E-state index is -5.08. The van der Waals surface area contributed by atoms with Crippen LogP contribution in [0.5, 0.6) is 0 Å². The van der Waals surface area contributed by atoms with Crippen LogP contribution in [0.15, 0.2) is 40.9 Å².